The lowest BCUT2D eigenvalue weighted by Crippen LogP contribution is -2.48. The first kappa shape index (κ1) is 21.4. The van der Waals surface area contributed by atoms with Gasteiger partial charge >= 0.3 is 0 Å². The number of piperazine rings is 1. The van der Waals surface area contributed by atoms with Crippen molar-refractivity contribution in [1.82, 2.24) is 14.1 Å². The number of halogens is 1. The zero-order chi connectivity index (χ0) is 22.8. The predicted octanol–water partition coefficient (Wildman–Crippen LogP) is 4.19. The Balaban J connectivity index is 1.48. The number of rotatable bonds is 5. The first-order valence-electron chi connectivity index (χ1n) is 10.7. The first-order valence-corrected chi connectivity index (χ1v) is 12.2. The summed E-state index contributed by atoms with van der Waals surface area (Å²) in [5, 5.41) is 4.64. The van der Waals surface area contributed by atoms with Gasteiger partial charge in [0.2, 0.25) is 10.0 Å². The number of aromatic nitrogens is 2. The summed E-state index contributed by atoms with van der Waals surface area (Å²) >= 11 is 0. The van der Waals surface area contributed by atoms with E-state index in [1.54, 1.807) is 29.1 Å². The van der Waals surface area contributed by atoms with E-state index >= 15 is 0 Å². The number of hydrogen-bond acceptors (Lipinski definition) is 4. The SMILES string of the molecule is O=S(=O)(c1cn(-c2ccccc2)nc1-c1ccccc1)N1CCN(c2ccccc2F)CC1. The van der Waals surface area contributed by atoms with Gasteiger partial charge in [0.15, 0.2) is 0 Å². The van der Waals surface area contributed by atoms with Crippen molar-refractivity contribution in [2.24, 2.45) is 0 Å². The Morgan fingerprint density at radius 3 is 2.03 bits per heavy atom. The van der Waals surface area contributed by atoms with E-state index in [-0.39, 0.29) is 23.8 Å². The summed E-state index contributed by atoms with van der Waals surface area (Å²) in [6, 6.07) is 25.3. The Morgan fingerprint density at radius 1 is 0.758 bits per heavy atom. The van der Waals surface area contributed by atoms with Crippen LogP contribution >= 0.6 is 0 Å². The van der Waals surface area contributed by atoms with Crippen molar-refractivity contribution in [2.75, 3.05) is 31.1 Å². The van der Waals surface area contributed by atoms with Crippen molar-refractivity contribution in [2.45, 2.75) is 4.90 Å². The molecule has 0 aliphatic carbocycles. The van der Waals surface area contributed by atoms with Gasteiger partial charge in [-0.3, -0.25) is 0 Å². The Kier molecular flexibility index (Phi) is 5.70. The molecule has 33 heavy (non-hydrogen) atoms. The first-order chi connectivity index (χ1) is 16.0. The molecule has 0 bridgehead atoms. The molecule has 0 atom stereocenters. The highest BCUT2D eigenvalue weighted by Gasteiger charge is 2.33. The summed E-state index contributed by atoms with van der Waals surface area (Å²) in [4.78, 5) is 2.05. The van der Waals surface area contributed by atoms with Crippen LogP contribution in [0.4, 0.5) is 10.1 Å². The molecule has 1 aliphatic heterocycles. The molecule has 3 aromatic carbocycles. The lowest BCUT2D eigenvalue weighted by molar-refractivity contribution is 0.383. The Labute approximate surface area is 192 Å². The monoisotopic (exact) mass is 462 g/mol. The number of anilines is 1. The minimum atomic E-state index is -3.81. The highest BCUT2D eigenvalue weighted by Crippen LogP contribution is 2.30. The van der Waals surface area contributed by atoms with E-state index in [0.717, 1.165) is 11.3 Å². The molecule has 168 valence electrons. The quantitative estimate of drug-likeness (QED) is 0.446. The topological polar surface area (TPSA) is 58.4 Å². The average molecular weight is 463 g/mol. The van der Waals surface area contributed by atoms with Crippen molar-refractivity contribution in [3.8, 4) is 16.9 Å². The molecular formula is C25H23FN4O2S. The molecule has 0 radical (unpaired) electrons. The molecule has 1 saturated heterocycles. The molecule has 0 spiro atoms. The van der Waals surface area contributed by atoms with Crippen LogP contribution in [0.25, 0.3) is 16.9 Å². The van der Waals surface area contributed by atoms with Gasteiger partial charge in [-0.2, -0.15) is 9.40 Å². The number of hydrogen-bond donors (Lipinski definition) is 0. The standard InChI is InChI=1S/C25H23FN4O2S/c26-22-13-7-8-14-23(22)28-15-17-29(18-16-28)33(31,32)24-19-30(21-11-5-2-6-12-21)27-25(24)20-9-3-1-4-10-20/h1-14,19H,15-18H2. The molecule has 1 fully saturated rings. The van der Waals surface area contributed by atoms with Gasteiger partial charge in [-0.15, -0.1) is 0 Å². The van der Waals surface area contributed by atoms with Crippen LogP contribution in [0.3, 0.4) is 0 Å². The van der Waals surface area contributed by atoms with Gasteiger partial charge in [0.05, 0.1) is 17.6 Å². The molecule has 1 aliphatic rings. The van der Waals surface area contributed by atoms with Gasteiger partial charge in [-0.05, 0) is 24.3 Å². The van der Waals surface area contributed by atoms with Gasteiger partial charge in [0.1, 0.15) is 16.4 Å². The second kappa shape index (κ2) is 8.80. The highest BCUT2D eigenvalue weighted by molar-refractivity contribution is 7.89. The molecule has 5 rings (SSSR count). The van der Waals surface area contributed by atoms with Gasteiger partial charge in [-0.1, -0.05) is 60.7 Å². The van der Waals surface area contributed by atoms with Gasteiger partial charge in [0, 0.05) is 31.7 Å². The number of nitrogens with zero attached hydrogens (tertiary/aromatic N) is 4. The summed E-state index contributed by atoms with van der Waals surface area (Å²) in [5.74, 6) is -0.302. The Bertz CT molecular complexity index is 1350. The summed E-state index contributed by atoms with van der Waals surface area (Å²) in [5.41, 5.74) is 2.42. The van der Waals surface area contributed by atoms with Crippen LogP contribution in [0.2, 0.25) is 0 Å². The van der Waals surface area contributed by atoms with E-state index in [0.29, 0.717) is 24.5 Å². The molecule has 0 saturated carbocycles. The fourth-order valence-electron chi connectivity index (χ4n) is 4.07. The van der Waals surface area contributed by atoms with Crippen LogP contribution in [0.1, 0.15) is 0 Å². The van der Waals surface area contributed by atoms with Crippen LogP contribution in [-0.2, 0) is 10.0 Å². The normalized spacial score (nSPS) is 15.0. The van der Waals surface area contributed by atoms with E-state index in [1.807, 2.05) is 65.6 Å². The Morgan fingerprint density at radius 2 is 1.36 bits per heavy atom. The molecule has 0 unspecified atom stereocenters. The summed E-state index contributed by atoms with van der Waals surface area (Å²) in [6.07, 6.45) is 1.58. The minimum absolute atomic E-state index is 0.164. The smallest absolute Gasteiger partial charge is 0.246 e. The van der Waals surface area contributed by atoms with Crippen LogP contribution in [0.5, 0.6) is 0 Å². The molecule has 0 amide bonds. The molecule has 2 heterocycles. The number of sulfonamides is 1. The van der Waals surface area contributed by atoms with Crippen LogP contribution in [-0.4, -0.2) is 48.7 Å². The van der Waals surface area contributed by atoms with Gasteiger partial charge < -0.3 is 4.90 Å². The van der Waals surface area contributed by atoms with Crippen molar-refractivity contribution in [3.05, 3.63) is 96.9 Å². The molecule has 8 heteroatoms. The van der Waals surface area contributed by atoms with Crippen LogP contribution in [0.15, 0.2) is 96.0 Å². The van der Waals surface area contributed by atoms with E-state index in [1.165, 1.54) is 10.4 Å². The Hall–Kier alpha value is -3.49. The fraction of sp³-hybridized carbons (Fsp3) is 0.160. The zero-order valence-electron chi connectivity index (χ0n) is 17.9. The van der Waals surface area contributed by atoms with E-state index in [4.69, 9.17) is 0 Å². The summed E-state index contributed by atoms with van der Waals surface area (Å²) in [7, 11) is -3.81. The van der Waals surface area contributed by atoms with Crippen LogP contribution in [0, 0.1) is 5.82 Å². The van der Waals surface area contributed by atoms with E-state index in [2.05, 4.69) is 5.10 Å². The molecular weight excluding hydrogens is 439 g/mol. The van der Waals surface area contributed by atoms with Crippen molar-refractivity contribution >= 4 is 15.7 Å². The third-order valence-corrected chi connectivity index (χ3v) is 7.70. The van der Waals surface area contributed by atoms with Gasteiger partial charge in [-0.25, -0.2) is 17.5 Å². The van der Waals surface area contributed by atoms with E-state index < -0.39 is 10.0 Å². The summed E-state index contributed by atoms with van der Waals surface area (Å²) < 4.78 is 44.7. The van der Waals surface area contributed by atoms with Crippen molar-refractivity contribution < 1.29 is 12.8 Å². The predicted molar refractivity (Wildman–Crippen MR) is 126 cm³/mol. The third-order valence-electron chi connectivity index (χ3n) is 5.80. The maximum Gasteiger partial charge on any atom is 0.246 e. The van der Waals surface area contributed by atoms with Gasteiger partial charge in [0.25, 0.3) is 0 Å². The molecule has 1 aromatic heterocycles. The lowest BCUT2D eigenvalue weighted by Gasteiger charge is -2.35. The zero-order valence-corrected chi connectivity index (χ0v) is 18.7. The number of benzene rings is 3. The lowest BCUT2D eigenvalue weighted by atomic mass is 10.2. The highest BCUT2D eigenvalue weighted by atomic mass is 32.2. The second-order valence-electron chi connectivity index (χ2n) is 7.83. The number of para-hydroxylation sites is 2. The minimum Gasteiger partial charge on any atom is -0.367 e. The largest absolute Gasteiger partial charge is 0.367 e. The van der Waals surface area contributed by atoms with Crippen molar-refractivity contribution in [3.63, 3.8) is 0 Å². The molecule has 4 aromatic rings. The van der Waals surface area contributed by atoms with E-state index in [9.17, 15) is 12.8 Å². The van der Waals surface area contributed by atoms with Crippen LogP contribution < -0.4 is 4.90 Å². The maximum atomic E-state index is 14.2. The van der Waals surface area contributed by atoms with Crippen molar-refractivity contribution in [1.29, 1.82) is 0 Å². The third kappa shape index (κ3) is 4.15. The molecule has 0 N–H and O–H groups in total. The second-order valence-corrected chi connectivity index (χ2v) is 9.74. The summed E-state index contributed by atoms with van der Waals surface area (Å²) in [6.45, 7) is 1.35. The maximum absolute atomic E-state index is 14.2. The fourth-order valence-corrected chi connectivity index (χ4v) is 5.63. The average Bonchev–Trinajstić information content (AvgIpc) is 3.32. The molecule has 6 nitrogen and oxygen atoms in total.